The molecule has 0 spiro atoms. The van der Waals surface area contributed by atoms with Gasteiger partial charge in [0.05, 0.1) is 10.7 Å². The first kappa shape index (κ1) is 15.2. The highest BCUT2D eigenvalue weighted by Gasteiger charge is 2.18. The summed E-state index contributed by atoms with van der Waals surface area (Å²) in [5.74, 6) is -0.735. The Morgan fingerprint density at radius 2 is 2.19 bits per heavy atom. The van der Waals surface area contributed by atoms with E-state index in [2.05, 4.69) is 15.2 Å². The maximum Gasteiger partial charge on any atom is 0.387 e. The number of carbonyl (C=O) groups is 1. The maximum atomic E-state index is 12.4. The van der Waals surface area contributed by atoms with Crippen LogP contribution in [0.4, 0.5) is 14.5 Å². The fourth-order valence-electron chi connectivity index (χ4n) is 1.74. The molecule has 1 amide bonds. The van der Waals surface area contributed by atoms with Crippen LogP contribution in [0.2, 0.25) is 5.02 Å². The van der Waals surface area contributed by atoms with Gasteiger partial charge in [0.2, 0.25) is 0 Å². The first-order chi connectivity index (χ1) is 9.86. The Hall–Kier alpha value is -2.15. The molecule has 21 heavy (non-hydrogen) atoms. The summed E-state index contributed by atoms with van der Waals surface area (Å²) in [6.45, 7) is -1.22. The highest BCUT2D eigenvalue weighted by atomic mass is 35.5. The van der Waals surface area contributed by atoms with Gasteiger partial charge < -0.3 is 10.1 Å². The Morgan fingerprint density at radius 3 is 2.76 bits per heavy atom. The lowest BCUT2D eigenvalue weighted by atomic mass is 10.2. The number of amides is 1. The van der Waals surface area contributed by atoms with Crippen LogP contribution in [0, 0.1) is 6.92 Å². The molecule has 0 saturated heterocycles. The molecule has 0 saturated carbocycles. The number of nitrogens with one attached hydrogen (secondary N) is 1. The number of nitrogens with zero attached hydrogens (tertiary/aromatic N) is 2. The highest BCUT2D eigenvalue weighted by Crippen LogP contribution is 2.28. The molecule has 1 aromatic heterocycles. The number of ether oxygens (including phenoxy) is 1. The molecule has 2 rings (SSSR count). The number of aryl methyl sites for hydroxylation is 2. The van der Waals surface area contributed by atoms with Gasteiger partial charge in [0.1, 0.15) is 5.75 Å². The Kier molecular flexibility index (Phi) is 4.42. The number of alkyl halides is 2. The van der Waals surface area contributed by atoms with Crippen LogP contribution in [0.15, 0.2) is 24.4 Å². The summed E-state index contributed by atoms with van der Waals surface area (Å²) >= 11 is 5.87. The zero-order chi connectivity index (χ0) is 15.6. The van der Waals surface area contributed by atoms with Crippen molar-refractivity contribution in [1.29, 1.82) is 0 Å². The van der Waals surface area contributed by atoms with Crippen molar-refractivity contribution in [2.45, 2.75) is 13.5 Å². The van der Waals surface area contributed by atoms with E-state index in [1.807, 2.05) is 0 Å². The average molecular weight is 316 g/mol. The summed E-state index contributed by atoms with van der Waals surface area (Å²) in [6, 6.07) is 4.48. The van der Waals surface area contributed by atoms with Crippen LogP contribution in [-0.2, 0) is 7.05 Å². The lowest BCUT2D eigenvalue weighted by Gasteiger charge is -2.12. The third kappa shape index (κ3) is 3.69. The van der Waals surface area contributed by atoms with Crippen LogP contribution in [0.3, 0.4) is 0 Å². The Bertz CT molecular complexity index is 673. The minimum atomic E-state index is -2.98. The van der Waals surface area contributed by atoms with Gasteiger partial charge in [-0.05, 0) is 24.6 Å². The van der Waals surface area contributed by atoms with Crippen LogP contribution >= 0.6 is 11.6 Å². The van der Waals surface area contributed by atoms with E-state index in [0.29, 0.717) is 0 Å². The van der Waals surface area contributed by atoms with E-state index in [4.69, 9.17) is 11.6 Å². The molecular formula is C13H12ClF2N3O2. The van der Waals surface area contributed by atoms with E-state index in [-0.39, 0.29) is 22.2 Å². The predicted molar refractivity (Wildman–Crippen MR) is 74.0 cm³/mol. The molecule has 0 fully saturated rings. The number of halogens is 3. The Balaban J connectivity index is 2.28. The van der Waals surface area contributed by atoms with E-state index in [1.165, 1.54) is 23.0 Å². The third-order valence-corrected chi connectivity index (χ3v) is 2.88. The molecule has 8 heteroatoms. The van der Waals surface area contributed by atoms with Crippen molar-refractivity contribution < 1.29 is 18.3 Å². The summed E-state index contributed by atoms with van der Waals surface area (Å²) in [5, 5.41) is 6.54. The Labute approximate surface area is 124 Å². The molecule has 112 valence electrons. The third-order valence-electron chi connectivity index (χ3n) is 2.60. The second kappa shape index (κ2) is 6.09. The molecule has 1 N–H and O–H groups in total. The fraction of sp³-hybridized carbons (Fsp3) is 0.231. The summed E-state index contributed by atoms with van der Waals surface area (Å²) in [7, 11) is 1.61. The standard InChI is InChI=1S/C13H12ClF2N3O2/c1-7-3-4-10(21-13(15)16)9(5-7)17-12(20)11-8(14)6-19(2)18-11/h3-6,13H,1-2H3,(H,17,20). The normalized spacial score (nSPS) is 10.8. The van der Waals surface area contributed by atoms with Gasteiger partial charge in [-0.1, -0.05) is 17.7 Å². The van der Waals surface area contributed by atoms with Crippen molar-refractivity contribution in [3.8, 4) is 5.75 Å². The number of carbonyl (C=O) groups excluding carboxylic acids is 1. The molecule has 1 aromatic carbocycles. The van der Waals surface area contributed by atoms with E-state index < -0.39 is 12.5 Å². The van der Waals surface area contributed by atoms with Gasteiger partial charge in [-0.3, -0.25) is 9.48 Å². The largest absolute Gasteiger partial charge is 0.433 e. The summed E-state index contributed by atoms with van der Waals surface area (Å²) in [4.78, 5) is 12.1. The van der Waals surface area contributed by atoms with E-state index >= 15 is 0 Å². The van der Waals surface area contributed by atoms with Gasteiger partial charge in [-0.25, -0.2) is 0 Å². The van der Waals surface area contributed by atoms with Gasteiger partial charge in [0.25, 0.3) is 5.91 Å². The lowest BCUT2D eigenvalue weighted by molar-refractivity contribution is -0.0493. The molecule has 0 atom stereocenters. The molecule has 0 unspecified atom stereocenters. The van der Waals surface area contributed by atoms with Crippen LogP contribution in [0.25, 0.3) is 0 Å². The molecular weight excluding hydrogens is 304 g/mol. The van der Waals surface area contributed by atoms with Crippen molar-refractivity contribution in [2.24, 2.45) is 7.05 Å². The van der Waals surface area contributed by atoms with Crippen LogP contribution < -0.4 is 10.1 Å². The van der Waals surface area contributed by atoms with Gasteiger partial charge >= 0.3 is 6.61 Å². The summed E-state index contributed by atoms with van der Waals surface area (Å²) in [6.07, 6.45) is 1.46. The Morgan fingerprint density at radius 1 is 1.48 bits per heavy atom. The molecule has 5 nitrogen and oxygen atoms in total. The molecule has 0 aliphatic carbocycles. The predicted octanol–water partition coefficient (Wildman–Crippen LogP) is 3.24. The summed E-state index contributed by atoms with van der Waals surface area (Å²) < 4.78 is 30.5. The molecule has 1 heterocycles. The number of benzene rings is 1. The second-order valence-corrected chi connectivity index (χ2v) is 4.74. The van der Waals surface area contributed by atoms with Gasteiger partial charge in [0.15, 0.2) is 5.69 Å². The van der Waals surface area contributed by atoms with Crippen LogP contribution in [-0.4, -0.2) is 22.3 Å². The zero-order valence-corrected chi connectivity index (χ0v) is 12.0. The molecule has 0 bridgehead atoms. The van der Waals surface area contributed by atoms with E-state index in [9.17, 15) is 13.6 Å². The van der Waals surface area contributed by atoms with Crippen molar-refractivity contribution in [1.82, 2.24) is 9.78 Å². The van der Waals surface area contributed by atoms with Crippen molar-refractivity contribution >= 4 is 23.2 Å². The quantitative estimate of drug-likeness (QED) is 0.942. The number of hydrogen-bond acceptors (Lipinski definition) is 3. The van der Waals surface area contributed by atoms with E-state index in [0.717, 1.165) is 5.56 Å². The molecule has 0 radical (unpaired) electrons. The number of anilines is 1. The lowest BCUT2D eigenvalue weighted by Crippen LogP contribution is -2.15. The van der Waals surface area contributed by atoms with Crippen LogP contribution in [0.1, 0.15) is 16.1 Å². The topological polar surface area (TPSA) is 56.1 Å². The van der Waals surface area contributed by atoms with Crippen molar-refractivity contribution in [3.05, 3.63) is 40.7 Å². The first-order valence-electron chi connectivity index (χ1n) is 5.93. The second-order valence-electron chi connectivity index (χ2n) is 4.33. The van der Waals surface area contributed by atoms with Gasteiger partial charge in [-0.2, -0.15) is 13.9 Å². The first-order valence-corrected chi connectivity index (χ1v) is 6.30. The monoisotopic (exact) mass is 315 g/mol. The number of rotatable bonds is 4. The zero-order valence-electron chi connectivity index (χ0n) is 11.2. The molecule has 0 aliphatic rings. The average Bonchev–Trinajstić information content (AvgIpc) is 2.71. The van der Waals surface area contributed by atoms with Gasteiger partial charge in [0, 0.05) is 13.2 Å². The van der Waals surface area contributed by atoms with Gasteiger partial charge in [-0.15, -0.1) is 0 Å². The molecule has 2 aromatic rings. The van der Waals surface area contributed by atoms with Crippen LogP contribution in [0.5, 0.6) is 5.75 Å². The van der Waals surface area contributed by atoms with Crippen molar-refractivity contribution in [2.75, 3.05) is 5.32 Å². The number of hydrogen-bond donors (Lipinski definition) is 1. The maximum absolute atomic E-state index is 12.4. The number of aromatic nitrogens is 2. The van der Waals surface area contributed by atoms with Crippen molar-refractivity contribution in [3.63, 3.8) is 0 Å². The van der Waals surface area contributed by atoms with E-state index in [1.54, 1.807) is 20.0 Å². The fourth-order valence-corrected chi connectivity index (χ4v) is 2.00. The highest BCUT2D eigenvalue weighted by molar-refractivity contribution is 6.34. The summed E-state index contributed by atoms with van der Waals surface area (Å²) in [5.41, 5.74) is 0.907. The minimum absolute atomic E-state index is 0.00340. The SMILES string of the molecule is Cc1ccc(OC(F)F)c(NC(=O)c2nn(C)cc2Cl)c1. The smallest absolute Gasteiger partial charge is 0.387 e. The molecule has 0 aliphatic heterocycles. The minimum Gasteiger partial charge on any atom is -0.433 e.